The van der Waals surface area contributed by atoms with Gasteiger partial charge in [-0.3, -0.25) is 20.0 Å². The van der Waals surface area contributed by atoms with E-state index < -0.39 is 11.9 Å². The standard InChI is InChI=1S/C18H21N3O3/c1-3-21(16-8-6-5-7-9-16)18(23)20-17(22)14-10-11-15(19-12-14)13-24-4-2/h5-12H,3-4,13H2,1-2H3,(H,20,22,23). The number of urea groups is 1. The largest absolute Gasteiger partial charge is 0.375 e. The number of carbonyl (C=O) groups is 2. The maximum atomic E-state index is 12.3. The Bertz CT molecular complexity index is 672. The van der Waals surface area contributed by atoms with Crippen molar-refractivity contribution in [2.45, 2.75) is 20.5 Å². The molecule has 1 N–H and O–H groups in total. The van der Waals surface area contributed by atoms with E-state index in [1.165, 1.54) is 11.1 Å². The maximum absolute atomic E-state index is 12.3. The SMILES string of the molecule is CCOCc1ccc(C(=O)NC(=O)N(CC)c2ccccc2)cn1. The molecule has 0 aliphatic heterocycles. The van der Waals surface area contributed by atoms with Crippen molar-refractivity contribution in [3.05, 3.63) is 59.9 Å². The average molecular weight is 327 g/mol. The van der Waals surface area contributed by atoms with Crippen LogP contribution in [0.1, 0.15) is 29.9 Å². The molecule has 24 heavy (non-hydrogen) atoms. The average Bonchev–Trinajstić information content (AvgIpc) is 2.62. The molecule has 0 aliphatic carbocycles. The molecule has 0 aliphatic rings. The van der Waals surface area contributed by atoms with Crippen LogP contribution in [0.4, 0.5) is 10.5 Å². The van der Waals surface area contributed by atoms with Crippen LogP contribution < -0.4 is 10.2 Å². The number of hydrogen-bond acceptors (Lipinski definition) is 4. The Hall–Kier alpha value is -2.73. The molecule has 0 bridgehead atoms. The molecule has 3 amide bonds. The Morgan fingerprint density at radius 3 is 2.46 bits per heavy atom. The Morgan fingerprint density at radius 2 is 1.88 bits per heavy atom. The molecule has 0 spiro atoms. The quantitative estimate of drug-likeness (QED) is 0.885. The topological polar surface area (TPSA) is 71.5 Å². The van der Waals surface area contributed by atoms with Gasteiger partial charge in [-0.25, -0.2) is 4.79 Å². The summed E-state index contributed by atoms with van der Waals surface area (Å²) in [5.74, 6) is -0.482. The summed E-state index contributed by atoms with van der Waals surface area (Å²) in [5.41, 5.74) is 1.79. The number of pyridine rings is 1. The predicted octanol–water partition coefficient (Wildman–Crippen LogP) is 2.99. The lowest BCUT2D eigenvalue weighted by Crippen LogP contribution is -2.43. The number of amides is 3. The van der Waals surface area contributed by atoms with Crippen LogP contribution in [0.25, 0.3) is 0 Å². The van der Waals surface area contributed by atoms with Crippen LogP contribution in [0.2, 0.25) is 0 Å². The van der Waals surface area contributed by atoms with Crippen LogP contribution in [0, 0.1) is 0 Å². The number of ether oxygens (including phenoxy) is 1. The molecule has 6 nitrogen and oxygen atoms in total. The van der Waals surface area contributed by atoms with Crippen molar-refractivity contribution < 1.29 is 14.3 Å². The summed E-state index contributed by atoms with van der Waals surface area (Å²) in [6.45, 7) is 5.20. The molecule has 6 heteroatoms. The van der Waals surface area contributed by atoms with E-state index in [9.17, 15) is 9.59 Å². The van der Waals surface area contributed by atoms with Gasteiger partial charge < -0.3 is 4.74 Å². The molecule has 2 aromatic rings. The minimum absolute atomic E-state index is 0.327. The Labute approximate surface area is 141 Å². The zero-order valence-electron chi connectivity index (χ0n) is 13.9. The molecule has 1 aromatic carbocycles. The van der Waals surface area contributed by atoms with Crippen molar-refractivity contribution in [2.75, 3.05) is 18.1 Å². The Kier molecular flexibility index (Phi) is 6.45. The van der Waals surface area contributed by atoms with Crippen molar-refractivity contribution in [3.63, 3.8) is 0 Å². The molecule has 0 unspecified atom stereocenters. The lowest BCUT2D eigenvalue weighted by molar-refractivity contribution is 0.0964. The van der Waals surface area contributed by atoms with Crippen LogP contribution in [-0.4, -0.2) is 30.1 Å². The fraction of sp³-hybridized carbons (Fsp3) is 0.278. The molecule has 1 aromatic heterocycles. The highest BCUT2D eigenvalue weighted by Gasteiger charge is 2.17. The maximum Gasteiger partial charge on any atom is 0.328 e. The lowest BCUT2D eigenvalue weighted by atomic mass is 10.2. The van der Waals surface area contributed by atoms with Gasteiger partial charge in [-0.05, 0) is 38.1 Å². The number of para-hydroxylation sites is 1. The second kappa shape index (κ2) is 8.79. The highest BCUT2D eigenvalue weighted by molar-refractivity contribution is 6.08. The van der Waals surface area contributed by atoms with Crippen LogP contribution in [0.5, 0.6) is 0 Å². The van der Waals surface area contributed by atoms with Crippen LogP contribution in [0.3, 0.4) is 0 Å². The minimum atomic E-state index is -0.482. The normalized spacial score (nSPS) is 10.2. The molecule has 0 fully saturated rings. The zero-order valence-corrected chi connectivity index (χ0v) is 13.9. The molecular formula is C18H21N3O3. The highest BCUT2D eigenvalue weighted by Crippen LogP contribution is 2.13. The number of anilines is 1. The molecule has 0 radical (unpaired) electrons. The van der Waals surface area contributed by atoms with Gasteiger partial charge >= 0.3 is 6.03 Å². The fourth-order valence-corrected chi connectivity index (χ4v) is 2.14. The van der Waals surface area contributed by atoms with Crippen molar-refractivity contribution in [1.82, 2.24) is 10.3 Å². The number of rotatable bonds is 6. The Morgan fingerprint density at radius 1 is 1.12 bits per heavy atom. The summed E-state index contributed by atoms with van der Waals surface area (Å²) in [4.78, 5) is 30.2. The van der Waals surface area contributed by atoms with Crippen LogP contribution in [-0.2, 0) is 11.3 Å². The summed E-state index contributed by atoms with van der Waals surface area (Å²) in [6.07, 6.45) is 1.44. The van der Waals surface area contributed by atoms with Gasteiger partial charge in [0.25, 0.3) is 5.91 Å². The molecule has 0 saturated carbocycles. The second-order valence-corrected chi connectivity index (χ2v) is 5.01. The monoisotopic (exact) mass is 327 g/mol. The van der Waals surface area contributed by atoms with Gasteiger partial charge in [0.2, 0.25) is 0 Å². The minimum Gasteiger partial charge on any atom is -0.375 e. The molecule has 126 valence electrons. The molecule has 0 atom stereocenters. The molecular weight excluding hydrogens is 306 g/mol. The first-order valence-electron chi connectivity index (χ1n) is 7.86. The fourth-order valence-electron chi connectivity index (χ4n) is 2.14. The van der Waals surface area contributed by atoms with Crippen molar-refractivity contribution in [2.24, 2.45) is 0 Å². The predicted molar refractivity (Wildman–Crippen MR) is 91.9 cm³/mol. The third kappa shape index (κ3) is 4.63. The lowest BCUT2D eigenvalue weighted by Gasteiger charge is -2.20. The van der Waals surface area contributed by atoms with E-state index in [4.69, 9.17) is 4.74 Å². The van der Waals surface area contributed by atoms with E-state index in [-0.39, 0.29) is 0 Å². The van der Waals surface area contributed by atoms with Gasteiger partial charge in [0.05, 0.1) is 17.9 Å². The van der Waals surface area contributed by atoms with Gasteiger partial charge in [-0.15, -0.1) is 0 Å². The van der Waals surface area contributed by atoms with Crippen molar-refractivity contribution >= 4 is 17.6 Å². The van der Waals surface area contributed by atoms with E-state index >= 15 is 0 Å². The number of hydrogen-bond donors (Lipinski definition) is 1. The van der Waals surface area contributed by atoms with E-state index in [0.717, 1.165) is 11.4 Å². The van der Waals surface area contributed by atoms with Gasteiger partial charge in [-0.2, -0.15) is 0 Å². The van der Waals surface area contributed by atoms with E-state index in [0.29, 0.717) is 25.3 Å². The molecule has 1 heterocycles. The third-order valence-electron chi connectivity index (χ3n) is 3.39. The number of nitrogens with zero attached hydrogens (tertiary/aromatic N) is 2. The summed E-state index contributed by atoms with van der Waals surface area (Å²) >= 11 is 0. The van der Waals surface area contributed by atoms with Gasteiger partial charge in [0.1, 0.15) is 0 Å². The molecule has 2 rings (SSSR count). The number of nitrogens with one attached hydrogen (secondary N) is 1. The summed E-state index contributed by atoms with van der Waals surface area (Å²) in [7, 11) is 0. The smallest absolute Gasteiger partial charge is 0.328 e. The van der Waals surface area contributed by atoms with E-state index in [1.807, 2.05) is 44.2 Å². The van der Waals surface area contributed by atoms with Gasteiger partial charge in [0.15, 0.2) is 0 Å². The number of aromatic nitrogens is 1. The number of imide groups is 1. The zero-order chi connectivity index (χ0) is 17.4. The first kappa shape index (κ1) is 17.6. The summed E-state index contributed by atoms with van der Waals surface area (Å²) in [6, 6.07) is 12.1. The Balaban J connectivity index is 2.01. The number of carbonyl (C=O) groups excluding carboxylic acids is 2. The van der Waals surface area contributed by atoms with Crippen molar-refractivity contribution in [3.8, 4) is 0 Å². The third-order valence-corrected chi connectivity index (χ3v) is 3.39. The first-order chi connectivity index (χ1) is 11.7. The first-order valence-corrected chi connectivity index (χ1v) is 7.86. The van der Waals surface area contributed by atoms with Crippen LogP contribution >= 0.6 is 0 Å². The highest BCUT2D eigenvalue weighted by atomic mass is 16.5. The van der Waals surface area contributed by atoms with Gasteiger partial charge in [0, 0.05) is 25.0 Å². The second-order valence-electron chi connectivity index (χ2n) is 5.01. The number of benzene rings is 1. The van der Waals surface area contributed by atoms with E-state index in [2.05, 4.69) is 10.3 Å². The molecule has 0 saturated heterocycles. The van der Waals surface area contributed by atoms with Crippen molar-refractivity contribution in [1.29, 1.82) is 0 Å². The summed E-state index contributed by atoms with van der Waals surface area (Å²) in [5, 5.41) is 2.39. The van der Waals surface area contributed by atoms with Crippen LogP contribution in [0.15, 0.2) is 48.7 Å². The van der Waals surface area contributed by atoms with Gasteiger partial charge in [-0.1, -0.05) is 18.2 Å². The summed E-state index contributed by atoms with van der Waals surface area (Å²) < 4.78 is 5.26. The van der Waals surface area contributed by atoms with E-state index in [1.54, 1.807) is 12.1 Å².